The van der Waals surface area contributed by atoms with Gasteiger partial charge in [0.25, 0.3) is 0 Å². The molecule has 2 aromatic heterocycles. The molecule has 0 aliphatic rings. The number of aromatic amines is 1. The third kappa shape index (κ3) is 3.31. The SMILES string of the molecule is CNn1c(Nc2c[nH]c3ccc(Cl)cc23)nc2cc(C(F)(F)F)c(F)cc21.Cl. The maximum absolute atomic E-state index is 13.9. The number of H-pyrrole nitrogens is 1. The van der Waals surface area contributed by atoms with Crippen molar-refractivity contribution in [2.75, 3.05) is 17.8 Å². The average molecular weight is 434 g/mol. The van der Waals surface area contributed by atoms with Gasteiger partial charge in [-0.05, 0) is 24.3 Å². The lowest BCUT2D eigenvalue weighted by Crippen LogP contribution is -2.12. The number of nitrogens with zero attached hydrogens (tertiary/aromatic N) is 2. The van der Waals surface area contributed by atoms with Crippen LogP contribution in [0.4, 0.5) is 29.2 Å². The Kier molecular flexibility index (Phi) is 5.07. The van der Waals surface area contributed by atoms with Gasteiger partial charge >= 0.3 is 6.18 Å². The smallest absolute Gasteiger partial charge is 0.359 e. The Hall–Kier alpha value is -2.65. The lowest BCUT2D eigenvalue weighted by Gasteiger charge is -2.10. The van der Waals surface area contributed by atoms with Crippen LogP contribution in [0.5, 0.6) is 0 Å². The second kappa shape index (κ2) is 7.06. The molecule has 148 valence electrons. The molecule has 11 heteroatoms. The van der Waals surface area contributed by atoms with Crippen LogP contribution in [-0.2, 0) is 6.18 Å². The van der Waals surface area contributed by atoms with E-state index in [0.717, 1.165) is 17.0 Å². The Morgan fingerprint density at radius 1 is 1.18 bits per heavy atom. The van der Waals surface area contributed by atoms with Crippen LogP contribution in [0.3, 0.4) is 0 Å². The molecular weight excluding hydrogens is 421 g/mol. The number of benzene rings is 2. The highest BCUT2D eigenvalue weighted by Gasteiger charge is 2.35. The van der Waals surface area contributed by atoms with Crippen molar-refractivity contribution in [2.24, 2.45) is 0 Å². The molecule has 0 aliphatic heterocycles. The molecule has 5 nitrogen and oxygen atoms in total. The Morgan fingerprint density at radius 2 is 1.93 bits per heavy atom. The van der Waals surface area contributed by atoms with Crippen LogP contribution in [0.1, 0.15) is 5.56 Å². The van der Waals surface area contributed by atoms with E-state index in [9.17, 15) is 17.6 Å². The zero-order valence-electron chi connectivity index (χ0n) is 14.2. The molecule has 4 aromatic rings. The molecule has 0 radical (unpaired) electrons. The summed E-state index contributed by atoms with van der Waals surface area (Å²) >= 11 is 6.03. The first kappa shape index (κ1) is 20.1. The first-order valence-corrected chi connectivity index (χ1v) is 8.16. The van der Waals surface area contributed by atoms with Crippen LogP contribution in [0, 0.1) is 5.82 Å². The van der Waals surface area contributed by atoms with Crippen molar-refractivity contribution in [1.29, 1.82) is 0 Å². The van der Waals surface area contributed by atoms with Gasteiger partial charge < -0.3 is 15.7 Å². The Bertz CT molecular complexity index is 1170. The predicted molar refractivity (Wildman–Crippen MR) is 104 cm³/mol. The van der Waals surface area contributed by atoms with Crippen LogP contribution in [0.15, 0.2) is 36.5 Å². The van der Waals surface area contributed by atoms with Gasteiger partial charge in [0.15, 0.2) is 0 Å². The van der Waals surface area contributed by atoms with E-state index in [0.29, 0.717) is 16.8 Å². The number of anilines is 2. The molecule has 0 spiro atoms. The van der Waals surface area contributed by atoms with Crippen LogP contribution in [0.2, 0.25) is 5.02 Å². The van der Waals surface area contributed by atoms with Crippen molar-refractivity contribution in [1.82, 2.24) is 14.6 Å². The van der Waals surface area contributed by atoms with E-state index in [2.05, 4.69) is 20.7 Å². The van der Waals surface area contributed by atoms with Crippen LogP contribution >= 0.6 is 24.0 Å². The van der Waals surface area contributed by atoms with E-state index in [-0.39, 0.29) is 29.4 Å². The zero-order valence-corrected chi connectivity index (χ0v) is 15.7. The number of imidazole rings is 1. The minimum absolute atomic E-state index is 0. The number of hydrogen-bond donors (Lipinski definition) is 3. The minimum Gasteiger partial charge on any atom is -0.359 e. The molecule has 0 amide bonds. The van der Waals surface area contributed by atoms with Gasteiger partial charge in [-0.1, -0.05) is 11.6 Å². The first-order chi connectivity index (χ1) is 12.8. The zero-order chi connectivity index (χ0) is 19.3. The summed E-state index contributed by atoms with van der Waals surface area (Å²) in [4.78, 5) is 7.24. The number of alkyl halides is 3. The molecule has 4 rings (SSSR count). The van der Waals surface area contributed by atoms with E-state index in [1.807, 2.05) is 0 Å². The molecule has 0 aliphatic carbocycles. The van der Waals surface area contributed by atoms with Gasteiger partial charge in [-0.3, -0.25) is 0 Å². The molecule has 2 heterocycles. The van der Waals surface area contributed by atoms with Gasteiger partial charge in [0.2, 0.25) is 5.95 Å². The Balaban J connectivity index is 0.00000225. The number of halogens is 6. The Labute approximate surface area is 167 Å². The summed E-state index contributed by atoms with van der Waals surface area (Å²) in [6, 6.07) is 6.77. The van der Waals surface area contributed by atoms with Crippen molar-refractivity contribution in [3.8, 4) is 0 Å². The van der Waals surface area contributed by atoms with Gasteiger partial charge in [0.1, 0.15) is 5.82 Å². The maximum atomic E-state index is 13.9. The van der Waals surface area contributed by atoms with E-state index in [1.54, 1.807) is 31.4 Å². The molecule has 3 N–H and O–H groups in total. The van der Waals surface area contributed by atoms with Crippen molar-refractivity contribution >= 4 is 57.6 Å². The fourth-order valence-corrected chi connectivity index (χ4v) is 3.11. The van der Waals surface area contributed by atoms with Crippen molar-refractivity contribution in [3.05, 3.63) is 52.9 Å². The topological polar surface area (TPSA) is 57.7 Å². The van der Waals surface area contributed by atoms with Gasteiger partial charge in [-0.2, -0.15) is 13.2 Å². The third-order valence-electron chi connectivity index (χ3n) is 4.16. The number of hydrogen-bond acceptors (Lipinski definition) is 3. The van der Waals surface area contributed by atoms with E-state index < -0.39 is 17.6 Å². The predicted octanol–water partition coefficient (Wildman–Crippen LogP) is 5.67. The van der Waals surface area contributed by atoms with Crippen LogP contribution < -0.4 is 10.7 Å². The molecule has 28 heavy (non-hydrogen) atoms. The number of aromatic nitrogens is 3. The van der Waals surface area contributed by atoms with Gasteiger partial charge in [0, 0.05) is 35.2 Å². The minimum atomic E-state index is -4.80. The lowest BCUT2D eigenvalue weighted by molar-refractivity contribution is -0.139. The quantitative estimate of drug-likeness (QED) is 0.365. The summed E-state index contributed by atoms with van der Waals surface area (Å²) in [5, 5.41) is 4.35. The van der Waals surface area contributed by atoms with E-state index in [1.165, 1.54) is 4.68 Å². The molecule has 0 unspecified atom stereocenters. The summed E-state index contributed by atoms with van der Waals surface area (Å²) in [5.74, 6) is -1.16. The van der Waals surface area contributed by atoms with Crippen molar-refractivity contribution in [2.45, 2.75) is 6.18 Å². The Morgan fingerprint density at radius 3 is 2.61 bits per heavy atom. The highest BCUT2D eigenvalue weighted by Crippen LogP contribution is 2.35. The fraction of sp³-hybridized carbons (Fsp3) is 0.118. The van der Waals surface area contributed by atoms with E-state index >= 15 is 0 Å². The van der Waals surface area contributed by atoms with Crippen LogP contribution in [-0.4, -0.2) is 21.7 Å². The fourth-order valence-electron chi connectivity index (χ4n) is 2.94. The van der Waals surface area contributed by atoms with Gasteiger partial charge in [0.05, 0.1) is 22.3 Å². The van der Waals surface area contributed by atoms with E-state index in [4.69, 9.17) is 11.6 Å². The average Bonchev–Trinajstić information content (AvgIpc) is 3.14. The third-order valence-corrected chi connectivity index (χ3v) is 4.40. The molecular formula is C17H13Cl2F4N5. The van der Waals surface area contributed by atoms with Gasteiger partial charge in [-0.15, -0.1) is 12.4 Å². The second-order valence-corrected chi connectivity index (χ2v) is 6.27. The molecule has 2 aromatic carbocycles. The summed E-state index contributed by atoms with van der Waals surface area (Å²) in [5.41, 5.74) is 3.03. The largest absolute Gasteiger partial charge is 0.419 e. The number of nitrogens with one attached hydrogen (secondary N) is 3. The summed E-state index contributed by atoms with van der Waals surface area (Å²) in [7, 11) is 1.55. The molecule has 0 saturated carbocycles. The lowest BCUT2D eigenvalue weighted by atomic mass is 10.2. The molecule has 0 bridgehead atoms. The summed E-state index contributed by atoms with van der Waals surface area (Å²) in [6.07, 6.45) is -3.12. The van der Waals surface area contributed by atoms with Crippen molar-refractivity contribution < 1.29 is 17.6 Å². The maximum Gasteiger partial charge on any atom is 0.419 e. The molecule has 0 fully saturated rings. The summed E-state index contributed by atoms with van der Waals surface area (Å²) < 4.78 is 54.2. The number of rotatable bonds is 3. The van der Waals surface area contributed by atoms with Gasteiger partial charge in [-0.25, -0.2) is 14.1 Å². The van der Waals surface area contributed by atoms with Crippen molar-refractivity contribution in [3.63, 3.8) is 0 Å². The molecule has 0 saturated heterocycles. The highest BCUT2D eigenvalue weighted by molar-refractivity contribution is 6.31. The standard InChI is InChI=1S/C17H12ClF4N5.ClH/c1-23-27-15-6-11(19)10(17(20,21)22)5-13(15)25-16(27)26-14-7-24-12-3-2-8(18)4-9(12)14;/h2-7,23-24H,1H3,(H,25,26);1H. The monoisotopic (exact) mass is 433 g/mol. The summed E-state index contributed by atoms with van der Waals surface area (Å²) in [6.45, 7) is 0. The van der Waals surface area contributed by atoms with Crippen LogP contribution in [0.25, 0.3) is 21.9 Å². The molecule has 0 atom stereocenters. The first-order valence-electron chi connectivity index (χ1n) is 7.78. The second-order valence-electron chi connectivity index (χ2n) is 5.83. The highest BCUT2D eigenvalue weighted by atomic mass is 35.5. The normalized spacial score (nSPS) is 11.6. The number of fused-ring (bicyclic) bond motifs is 2.